The monoisotopic (exact) mass is 624 g/mol. The molecule has 4 rings (SSSR count). The van der Waals surface area contributed by atoms with Crippen molar-refractivity contribution in [1.29, 1.82) is 0 Å². The Hall–Kier alpha value is -2.66. The molecule has 0 fully saturated rings. The third-order valence-electron chi connectivity index (χ3n) is 6.83. The number of carboxylic acid groups (broad SMARTS) is 1. The summed E-state index contributed by atoms with van der Waals surface area (Å²) in [6, 6.07) is 13.3. The van der Waals surface area contributed by atoms with Crippen LogP contribution >= 0.6 is 34.8 Å². The molecule has 0 aliphatic carbocycles. The summed E-state index contributed by atoms with van der Waals surface area (Å²) in [5, 5.41) is 23.6. The molecule has 0 saturated heterocycles. The minimum Gasteiger partial charge on any atom is -0.480 e. The summed E-state index contributed by atoms with van der Waals surface area (Å²) in [5.41, 5.74) is 2.80. The van der Waals surface area contributed by atoms with Crippen LogP contribution in [0.2, 0.25) is 15.1 Å². The SMILES string of the molecule is O=C(N[C@@H](Cc1cccc([SH](=O)=O)c1)C(=O)O)c1c(Cl)cc2c(c1Cl)CCN(CCC(O)c1cccc(Cl)c1)C2. The first-order chi connectivity index (χ1) is 19.0. The summed E-state index contributed by atoms with van der Waals surface area (Å²) in [7, 11) is -2.83. The standard InChI is InChI=1S/C28H27Cl3N2O6S/c29-19-5-2-4-17(13-19)24(34)8-10-33-9-7-21-18(15-33)14-22(30)25(26(21)31)27(35)32-23(28(36)37)12-16-3-1-6-20(11-16)40(38)39/h1-6,11,13-14,23-24,34,40H,7-10,12,15H2,(H,32,35)(H,36,37)/t23-,24?/m0/s1. The molecule has 1 unspecified atom stereocenters. The number of hydrogen-bond donors (Lipinski definition) is 4. The molecular formula is C28H27Cl3N2O6S. The molecule has 3 N–H and O–H groups in total. The topological polar surface area (TPSA) is 124 Å². The van der Waals surface area contributed by atoms with Crippen LogP contribution in [0.15, 0.2) is 59.5 Å². The van der Waals surface area contributed by atoms with E-state index >= 15 is 0 Å². The fourth-order valence-electron chi connectivity index (χ4n) is 4.76. The molecule has 0 spiro atoms. The average Bonchev–Trinajstić information content (AvgIpc) is 2.91. The lowest BCUT2D eigenvalue weighted by atomic mass is 9.95. The van der Waals surface area contributed by atoms with Crippen molar-refractivity contribution in [3.8, 4) is 0 Å². The van der Waals surface area contributed by atoms with Gasteiger partial charge in [-0.05, 0) is 65.4 Å². The van der Waals surface area contributed by atoms with Crippen LogP contribution in [0.3, 0.4) is 0 Å². The molecule has 3 aromatic rings. The molecule has 1 amide bonds. The quantitative estimate of drug-likeness (QED) is 0.244. The Balaban J connectivity index is 1.45. The van der Waals surface area contributed by atoms with E-state index in [1.165, 1.54) is 18.2 Å². The van der Waals surface area contributed by atoms with Gasteiger partial charge in [0, 0.05) is 31.1 Å². The van der Waals surface area contributed by atoms with Gasteiger partial charge in [0.15, 0.2) is 10.7 Å². The van der Waals surface area contributed by atoms with Gasteiger partial charge in [0.05, 0.1) is 26.6 Å². The third-order valence-corrected chi connectivity index (χ3v) is 8.48. The molecule has 1 aliphatic rings. The van der Waals surface area contributed by atoms with Crippen LogP contribution in [0.5, 0.6) is 0 Å². The number of halogens is 3. The number of hydrogen-bond acceptors (Lipinski definition) is 6. The van der Waals surface area contributed by atoms with Crippen LogP contribution in [0.1, 0.15) is 45.1 Å². The number of rotatable bonds is 10. The maximum absolute atomic E-state index is 13.2. The number of carboxylic acids is 1. The molecule has 1 heterocycles. The van der Waals surface area contributed by atoms with E-state index in [2.05, 4.69) is 10.2 Å². The van der Waals surface area contributed by atoms with E-state index in [0.29, 0.717) is 43.1 Å². The van der Waals surface area contributed by atoms with Crippen LogP contribution in [0.4, 0.5) is 0 Å². The van der Waals surface area contributed by atoms with Crippen molar-refractivity contribution in [2.24, 2.45) is 0 Å². The summed E-state index contributed by atoms with van der Waals surface area (Å²) in [4.78, 5) is 27.3. The minimum atomic E-state index is -2.83. The number of benzene rings is 3. The number of aliphatic hydroxyl groups excluding tert-OH is 1. The molecule has 1 aliphatic heterocycles. The molecule has 0 bridgehead atoms. The smallest absolute Gasteiger partial charge is 0.326 e. The zero-order valence-corrected chi connectivity index (χ0v) is 24.3. The first-order valence-corrected chi connectivity index (χ1v) is 14.8. The van der Waals surface area contributed by atoms with Crippen LogP contribution in [0, 0.1) is 0 Å². The molecule has 0 aromatic heterocycles. The second-order valence-electron chi connectivity index (χ2n) is 9.57. The molecule has 0 saturated carbocycles. The zero-order chi connectivity index (χ0) is 29.0. The van der Waals surface area contributed by atoms with Crippen molar-refractivity contribution >= 4 is 57.4 Å². The highest BCUT2D eigenvalue weighted by atomic mass is 35.5. The third kappa shape index (κ3) is 7.34. The van der Waals surface area contributed by atoms with Crippen LogP contribution in [-0.2, 0) is 34.9 Å². The number of carbonyl (C=O) groups is 2. The van der Waals surface area contributed by atoms with Gasteiger partial charge in [-0.2, -0.15) is 0 Å². The Morgan fingerprint density at radius 2 is 1.80 bits per heavy atom. The van der Waals surface area contributed by atoms with E-state index < -0.39 is 34.7 Å². The van der Waals surface area contributed by atoms with Gasteiger partial charge in [0.2, 0.25) is 0 Å². The van der Waals surface area contributed by atoms with Crippen molar-refractivity contribution in [1.82, 2.24) is 10.2 Å². The van der Waals surface area contributed by atoms with Gasteiger partial charge in [0.1, 0.15) is 6.04 Å². The maximum Gasteiger partial charge on any atom is 0.326 e. The van der Waals surface area contributed by atoms with Crippen molar-refractivity contribution < 1.29 is 28.2 Å². The number of aliphatic carboxylic acids is 1. The number of nitrogens with zero attached hydrogens (tertiary/aromatic N) is 1. The zero-order valence-electron chi connectivity index (χ0n) is 21.1. The molecule has 0 radical (unpaired) electrons. The van der Waals surface area contributed by atoms with Gasteiger partial charge in [-0.25, -0.2) is 13.2 Å². The first-order valence-electron chi connectivity index (χ1n) is 12.5. The Labute approximate surface area is 248 Å². The fourth-order valence-corrected chi connectivity index (χ4v) is 6.20. The predicted molar refractivity (Wildman–Crippen MR) is 154 cm³/mol. The average molecular weight is 626 g/mol. The van der Waals surface area contributed by atoms with E-state index in [9.17, 15) is 28.2 Å². The van der Waals surface area contributed by atoms with E-state index in [1.54, 1.807) is 30.3 Å². The molecule has 8 nitrogen and oxygen atoms in total. The Morgan fingerprint density at radius 3 is 2.50 bits per heavy atom. The molecule has 40 heavy (non-hydrogen) atoms. The number of amides is 1. The van der Waals surface area contributed by atoms with Crippen molar-refractivity contribution in [3.63, 3.8) is 0 Å². The predicted octanol–water partition coefficient (Wildman–Crippen LogP) is 4.52. The van der Waals surface area contributed by atoms with Crippen molar-refractivity contribution in [2.75, 3.05) is 13.1 Å². The summed E-state index contributed by atoms with van der Waals surface area (Å²) in [6.07, 6.45) is 0.254. The summed E-state index contributed by atoms with van der Waals surface area (Å²) >= 11 is 19.2. The highest BCUT2D eigenvalue weighted by molar-refractivity contribution is 7.72. The maximum atomic E-state index is 13.2. The first kappa shape index (κ1) is 30.3. The van der Waals surface area contributed by atoms with Gasteiger partial charge in [-0.1, -0.05) is 59.1 Å². The van der Waals surface area contributed by atoms with Crippen LogP contribution in [-0.4, -0.2) is 54.5 Å². The molecular weight excluding hydrogens is 599 g/mol. The van der Waals surface area contributed by atoms with Gasteiger partial charge >= 0.3 is 5.97 Å². The molecule has 2 atom stereocenters. The Morgan fingerprint density at radius 1 is 1.05 bits per heavy atom. The van der Waals surface area contributed by atoms with E-state index in [0.717, 1.165) is 16.7 Å². The lowest BCUT2D eigenvalue weighted by molar-refractivity contribution is -0.139. The van der Waals surface area contributed by atoms with E-state index in [4.69, 9.17) is 34.8 Å². The highest BCUT2D eigenvalue weighted by Crippen LogP contribution is 2.35. The van der Waals surface area contributed by atoms with E-state index in [-0.39, 0.29) is 26.9 Å². The van der Waals surface area contributed by atoms with Crippen LogP contribution in [0.25, 0.3) is 0 Å². The van der Waals surface area contributed by atoms with Gasteiger partial charge < -0.3 is 15.5 Å². The second kappa shape index (κ2) is 13.3. The summed E-state index contributed by atoms with van der Waals surface area (Å²) < 4.78 is 22.6. The fraction of sp³-hybridized carbons (Fsp3) is 0.286. The van der Waals surface area contributed by atoms with Crippen molar-refractivity contribution in [2.45, 2.75) is 42.8 Å². The van der Waals surface area contributed by atoms with E-state index in [1.807, 2.05) is 6.07 Å². The number of nitrogens with one attached hydrogen (secondary N) is 1. The largest absolute Gasteiger partial charge is 0.480 e. The normalized spacial score (nSPS) is 14.9. The minimum absolute atomic E-state index is 0.00505. The second-order valence-corrected chi connectivity index (χ2v) is 11.8. The lowest BCUT2D eigenvalue weighted by Crippen LogP contribution is -2.42. The summed E-state index contributed by atoms with van der Waals surface area (Å²) in [5.74, 6) is -2.02. The van der Waals surface area contributed by atoms with Gasteiger partial charge in [-0.3, -0.25) is 9.69 Å². The Bertz CT molecular complexity index is 1510. The summed E-state index contributed by atoms with van der Waals surface area (Å²) in [6.45, 7) is 1.79. The van der Waals surface area contributed by atoms with Gasteiger partial charge in [-0.15, -0.1) is 0 Å². The Kier molecular flexibility index (Phi) is 10.1. The molecule has 12 heteroatoms. The number of fused-ring (bicyclic) bond motifs is 1. The number of carbonyl (C=O) groups excluding carboxylic acids is 1. The van der Waals surface area contributed by atoms with Gasteiger partial charge in [0.25, 0.3) is 5.91 Å². The molecule has 212 valence electrons. The molecule has 3 aromatic carbocycles. The van der Waals surface area contributed by atoms with Crippen LogP contribution < -0.4 is 5.32 Å². The van der Waals surface area contributed by atoms with Crippen molar-refractivity contribution in [3.05, 3.63) is 97.5 Å². The lowest BCUT2D eigenvalue weighted by Gasteiger charge is -2.31. The number of thiol groups is 1. The number of aliphatic hydroxyl groups is 1. The highest BCUT2D eigenvalue weighted by Gasteiger charge is 2.28.